The van der Waals surface area contributed by atoms with Gasteiger partial charge in [0.05, 0.1) is 11.6 Å². The molecule has 0 aliphatic carbocycles. The largest absolute Gasteiger partial charge is 0.411 e. The van der Waals surface area contributed by atoms with Gasteiger partial charge in [0.1, 0.15) is 11.5 Å². The van der Waals surface area contributed by atoms with Crippen molar-refractivity contribution in [2.24, 2.45) is 0 Å². The second-order valence-electron chi connectivity index (χ2n) is 5.18. The fourth-order valence-electron chi connectivity index (χ4n) is 1.96. The number of sulfonamides is 1. The molecule has 0 heterocycles. The standard InChI is InChI=1S/C16H15ClF3NO3S/c17-14-3-1-2-4-15(14)25(22,23)21-9-12-5-7-13(8-6-12)10-24-11-16(18,19)20/h1-8,21H,9-11H2. The fourth-order valence-corrected chi connectivity index (χ4v) is 3.49. The molecule has 0 saturated heterocycles. The highest BCUT2D eigenvalue weighted by atomic mass is 35.5. The maximum absolute atomic E-state index is 12.2. The van der Waals surface area contributed by atoms with Gasteiger partial charge in [-0.25, -0.2) is 13.1 Å². The van der Waals surface area contributed by atoms with E-state index in [2.05, 4.69) is 9.46 Å². The van der Waals surface area contributed by atoms with Crippen LogP contribution in [0.4, 0.5) is 13.2 Å². The van der Waals surface area contributed by atoms with E-state index < -0.39 is 22.8 Å². The molecule has 0 bridgehead atoms. The van der Waals surface area contributed by atoms with Gasteiger partial charge in [-0.05, 0) is 23.3 Å². The van der Waals surface area contributed by atoms with Crippen LogP contribution in [0.3, 0.4) is 0 Å². The molecule has 4 nitrogen and oxygen atoms in total. The number of nitrogens with one attached hydrogen (secondary N) is 1. The first-order valence-electron chi connectivity index (χ1n) is 7.14. The minimum absolute atomic E-state index is 0.0196. The second kappa shape index (κ2) is 8.18. The lowest BCUT2D eigenvalue weighted by atomic mass is 10.1. The van der Waals surface area contributed by atoms with Gasteiger partial charge < -0.3 is 4.74 Å². The van der Waals surface area contributed by atoms with Gasteiger partial charge in [-0.2, -0.15) is 13.2 Å². The van der Waals surface area contributed by atoms with Crippen LogP contribution >= 0.6 is 11.6 Å². The van der Waals surface area contributed by atoms with E-state index in [-0.39, 0.29) is 23.1 Å². The number of rotatable bonds is 7. The molecule has 0 atom stereocenters. The number of hydrogen-bond donors (Lipinski definition) is 1. The Morgan fingerprint density at radius 2 is 1.60 bits per heavy atom. The predicted molar refractivity (Wildman–Crippen MR) is 87.6 cm³/mol. The lowest BCUT2D eigenvalue weighted by molar-refractivity contribution is -0.176. The maximum atomic E-state index is 12.2. The van der Waals surface area contributed by atoms with Gasteiger partial charge in [0, 0.05) is 6.54 Å². The summed E-state index contributed by atoms with van der Waals surface area (Å²) < 4.78 is 67.4. The van der Waals surface area contributed by atoms with Gasteiger partial charge in [0.25, 0.3) is 0 Å². The molecule has 0 aromatic heterocycles. The predicted octanol–water partition coefficient (Wildman–Crippen LogP) is 3.90. The lowest BCUT2D eigenvalue weighted by Gasteiger charge is -2.10. The van der Waals surface area contributed by atoms with Crippen LogP contribution in [0.5, 0.6) is 0 Å². The summed E-state index contributed by atoms with van der Waals surface area (Å²) in [7, 11) is -3.76. The van der Waals surface area contributed by atoms with Gasteiger partial charge in [-0.1, -0.05) is 48.0 Å². The molecule has 0 saturated carbocycles. The molecule has 0 aliphatic heterocycles. The molecule has 0 amide bonds. The van der Waals surface area contributed by atoms with Crippen LogP contribution in [0.15, 0.2) is 53.4 Å². The molecule has 2 aromatic rings. The quantitative estimate of drug-likeness (QED) is 0.776. The SMILES string of the molecule is O=S(=O)(NCc1ccc(COCC(F)(F)F)cc1)c1ccccc1Cl. The topological polar surface area (TPSA) is 55.4 Å². The van der Waals surface area contributed by atoms with Crippen molar-refractivity contribution in [3.05, 3.63) is 64.7 Å². The van der Waals surface area contributed by atoms with Crippen molar-refractivity contribution >= 4 is 21.6 Å². The molecular formula is C16H15ClF3NO3S. The smallest absolute Gasteiger partial charge is 0.367 e. The summed E-state index contributed by atoms with van der Waals surface area (Å²) in [4.78, 5) is -0.0196. The highest BCUT2D eigenvalue weighted by Crippen LogP contribution is 2.20. The number of ether oxygens (including phenoxy) is 1. The number of halogens is 4. The van der Waals surface area contributed by atoms with Crippen LogP contribution in [0.25, 0.3) is 0 Å². The minimum Gasteiger partial charge on any atom is -0.367 e. The normalized spacial score (nSPS) is 12.3. The summed E-state index contributed by atoms with van der Waals surface area (Å²) in [6.07, 6.45) is -4.36. The first-order valence-corrected chi connectivity index (χ1v) is 9.00. The average molecular weight is 394 g/mol. The summed E-state index contributed by atoms with van der Waals surface area (Å²) in [5.74, 6) is 0. The van der Waals surface area contributed by atoms with E-state index in [9.17, 15) is 21.6 Å². The van der Waals surface area contributed by atoms with Crippen LogP contribution in [0, 0.1) is 0 Å². The molecule has 1 N–H and O–H groups in total. The molecule has 0 unspecified atom stereocenters. The van der Waals surface area contributed by atoms with E-state index in [4.69, 9.17) is 11.6 Å². The summed E-state index contributed by atoms with van der Waals surface area (Å²) >= 11 is 5.88. The Hall–Kier alpha value is -1.61. The Bertz CT molecular complexity index is 808. The molecule has 0 aliphatic rings. The monoisotopic (exact) mass is 393 g/mol. The Labute approximate surface area is 148 Å². The summed E-state index contributed by atoms with van der Waals surface area (Å²) in [6.45, 7) is -1.46. The van der Waals surface area contributed by atoms with Crippen LogP contribution in [-0.2, 0) is 27.9 Å². The van der Waals surface area contributed by atoms with Gasteiger partial charge in [-0.3, -0.25) is 0 Å². The lowest BCUT2D eigenvalue weighted by Crippen LogP contribution is -2.23. The second-order valence-corrected chi connectivity index (χ2v) is 7.32. The van der Waals surface area contributed by atoms with E-state index in [0.29, 0.717) is 11.1 Å². The molecular weight excluding hydrogens is 379 g/mol. The Morgan fingerprint density at radius 3 is 2.20 bits per heavy atom. The molecule has 0 spiro atoms. The first-order chi connectivity index (χ1) is 11.7. The van der Waals surface area contributed by atoms with Crippen molar-refractivity contribution in [3.63, 3.8) is 0 Å². The van der Waals surface area contributed by atoms with E-state index in [0.717, 1.165) is 0 Å². The van der Waals surface area contributed by atoms with Crippen molar-refractivity contribution in [2.75, 3.05) is 6.61 Å². The third-order valence-electron chi connectivity index (χ3n) is 3.15. The molecule has 136 valence electrons. The molecule has 2 aromatic carbocycles. The van der Waals surface area contributed by atoms with Crippen LogP contribution < -0.4 is 4.72 Å². The minimum atomic E-state index is -4.36. The van der Waals surface area contributed by atoms with Crippen LogP contribution in [-0.4, -0.2) is 21.2 Å². The maximum Gasteiger partial charge on any atom is 0.411 e. The van der Waals surface area contributed by atoms with E-state index in [1.165, 1.54) is 12.1 Å². The Balaban J connectivity index is 1.92. The number of alkyl halides is 3. The highest BCUT2D eigenvalue weighted by molar-refractivity contribution is 7.89. The Kier molecular flexibility index (Phi) is 6.45. The summed E-state index contributed by atoms with van der Waals surface area (Å²) in [5.41, 5.74) is 1.21. The molecule has 0 fully saturated rings. The van der Waals surface area contributed by atoms with Crippen molar-refractivity contribution in [1.29, 1.82) is 0 Å². The van der Waals surface area contributed by atoms with Gasteiger partial charge in [0.15, 0.2) is 0 Å². The number of hydrogen-bond acceptors (Lipinski definition) is 3. The van der Waals surface area contributed by atoms with E-state index in [1.807, 2.05) is 0 Å². The van der Waals surface area contributed by atoms with Crippen molar-refractivity contribution in [3.8, 4) is 0 Å². The highest BCUT2D eigenvalue weighted by Gasteiger charge is 2.27. The Morgan fingerprint density at radius 1 is 1.00 bits per heavy atom. The van der Waals surface area contributed by atoms with Gasteiger partial charge >= 0.3 is 6.18 Å². The van der Waals surface area contributed by atoms with Gasteiger partial charge in [0.2, 0.25) is 10.0 Å². The molecule has 25 heavy (non-hydrogen) atoms. The molecule has 0 radical (unpaired) electrons. The summed E-state index contributed by atoms with van der Waals surface area (Å²) in [6, 6.07) is 12.4. The molecule has 2 rings (SSSR count). The van der Waals surface area contributed by atoms with Crippen molar-refractivity contribution in [1.82, 2.24) is 4.72 Å². The fraction of sp³-hybridized carbons (Fsp3) is 0.250. The zero-order valence-electron chi connectivity index (χ0n) is 12.9. The third kappa shape index (κ3) is 6.32. The van der Waals surface area contributed by atoms with Crippen LogP contribution in [0.1, 0.15) is 11.1 Å². The summed E-state index contributed by atoms with van der Waals surface area (Å²) in [5, 5.41) is 0.118. The van der Waals surface area contributed by atoms with Crippen molar-refractivity contribution in [2.45, 2.75) is 24.2 Å². The zero-order chi connectivity index (χ0) is 18.5. The number of benzene rings is 2. The molecule has 9 heteroatoms. The van der Waals surface area contributed by atoms with Crippen molar-refractivity contribution < 1.29 is 26.3 Å². The zero-order valence-corrected chi connectivity index (χ0v) is 14.5. The van der Waals surface area contributed by atoms with Gasteiger partial charge in [-0.15, -0.1) is 0 Å². The van der Waals surface area contributed by atoms with Crippen LogP contribution in [0.2, 0.25) is 5.02 Å². The third-order valence-corrected chi connectivity index (χ3v) is 5.05. The first kappa shape index (κ1) is 19.7. The van der Waals surface area contributed by atoms with E-state index >= 15 is 0 Å². The van der Waals surface area contributed by atoms with E-state index in [1.54, 1.807) is 36.4 Å². The average Bonchev–Trinajstić information content (AvgIpc) is 2.53.